The fourth-order valence-corrected chi connectivity index (χ4v) is 2.24. The topological polar surface area (TPSA) is 25.8 Å². The molecule has 3 aromatic rings. The minimum absolute atomic E-state index is 0.593. The lowest BCUT2D eigenvalue weighted by Crippen LogP contribution is -2.38. The van der Waals surface area contributed by atoms with E-state index in [9.17, 15) is 0 Å². The minimum atomic E-state index is -0.593. The number of hydrogen-bond acceptors (Lipinski definition) is 2. The van der Waals surface area contributed by atoms with Gasteiger partial charge in [-0.05, 0) is 52.3 Å². The molecule has 26 heavy (non-hydrogen) atoms. The van der Waals surface area contributed by atoms with Crippen LogP contribution in [0, 0.1) is 0 Å². The third-order valence-electron chi connectivity index (χ3n) is 3.37. The van der Waals surface area contributed by atoms with Crippen LogP contribution in [0.4, 0.5) is 0 Å². The van der Waals surface area contributed by atoms with Crippen LogP contribution < -0.4 is 0 Å². The van der Waals surface area contributed by atoms with E-state index in [0.29, 0.717) is 0 Å². The summed E-state index contributed by atoms with van der Waals surface area (Å²) in [5.74, 6) is 0. The fourth-order valence-electron chi connectivity index (χ4n) is 1.88. The van der Waals surface area contributed by atoms with Crippen molar-refractivity contribution in [1.82, 2.24) is 9.97 Å². The second kappa shape index (κ2) is 10.1. The van der Waals surface area contributed by atoms with Crippen LogP contribution in [-0.4, -0.2) is 53.7 Å². The molecule has 116 valence electrons. The molecule has 0 unspecified atom stereocenters. The van der Waals surface area contributed by atoms with E-state index in [4.69, 9.17) is 42.5 Å². The maximum Gasteiger partial charge on any atom is 0.0718 e. The third-order valence-corrected chi connectivity index (χ3v) is 4.09. The van der Waals surface area contributed by atoms with E-state index in [-0.39, 0.29) is 0 Å². The van der Waals surface area contributed by atoms with Crippen molar-refractivity contribution in [2.75, 3.05) is 0 Å². The van der Waals surface area contributed by atoms with E-state index >= 15 is 0 Å². The first kappa shape index (κ1) is 21.0. The molecular formula is C16H10B6BrClN2. The van der Waals surface area contributed by atoms with Crippen molar-refractivity contribution in [2.45, 2.75) is 0 Å². The average Bonchev–Trinajstić information content (AvgIpc) is 2.64. The van der Waals surface area contributed by atoms with Gasteiger partial charge in [0.15, 0.2) is 0 Å². The Balaban J connectivity index is 0.000000352. The molecule has 0 N–H and O–H groups in total. The van der Waals surface area contributed by atoms with Crippen LogP contribution in [0.15, 0.2) is 65.4 Å². The molecule has 0 spiro atoms. The zero-order valence-electron chi connectivity index (χ0n) is 13.9. The van der Waals surface area contributed by atoms with Gasteiger partial charge in [-0.3, -0.25) is 9.97 Å². The average molecular weight is 410 g/mol. The molecule has 2 nitrogen and oxygen atoms in total. The van der Waals surface area contributed by atoms with Gasteiger partial charge in [-0.1, -0.05) is 23.7 Å². The van der Waals surface area contributed by atoms with E-state index < -0.39 is 12.8 Å². The quantitative estimate of drug-likeness (QED) is 0.621. The largest absolute Gasteiger partial charge is 0.256 e. The molecule has 0 amide bonds. The molecular weight excluding hydrogens is 400 g/mol. The maximum atomic E-state index is 5.88. The van der Waals surface area contributed by atoms with E-state index in [1.54, 1.807) is 6.20 Å². The second-order valence-electron chi connectivity index (χ2n) is 5.46. The first-order valence-corrected chi connectivity index (χ1v) is 8.90. The summed E-state index contributed by atoms with van der Waals surface area (Å²) in [6.07, 6.45) is 2.43. The molecule has 0 saturated heterocycles. The van der Waals surface area contributed by atoms with Crippen molar-refractivity contribution in [2.24, 2.45) is 0 Å². The molecule has 0 aliphatic heterocycles. The molecule has 10 heteroatoms. The summed E-state index contributed by atoms with van der Waals surface area (Å²) in [4.78, 5) is 8.84. The number of halogens is 2. The lowest BCUT2D eigenvalue weighted by Gasteiger charge is -2.04. The number of aromatic nitrogens is 2. The number of rotatable bonds is 3. The van der Waals surface area contributed by atoms with E-state index in [1.807, 2.05) is 54.7 Å². The van der Waals surface area contributed by atoms with E-state index in [0.717, 1.165) is 32.0 Å². The van der Waals surface area contributed by atoms with E-state index in [1.165, 1.54) is 0 Å². The first-order chi connectivity index (χ1) is 12.4. The Hall–Kier alpha value is -1.32. The highest BCUT2D eigenvalue weighted by Crippen LogP contribution is 2.23. The molecule has 0 fully saturated rings. The molecule has 0 aliphatic carbocycles. The van der Waals surface area contributed by atoms with Gasteiger partial charge in [-0.25, -0.2) is 0 Å². The Labute approximate surface area is 173 Å². The number of nitrogens with zero attached hydrogens (tertiary/aromatic N) is 2. The highest BCUT2D eigenvalue weighted by Gasteiger charge is 2.03. The van der Waals surface area contributed by atoms with Gasteiger partial charge in [-0.2, -0.15) is 0 Å². The number of pyridine rings is 2. The van der Waals surface area contributed by atoms with Crippen molar-refractivity contribution in [3.63, 3.8) is 0 Å². The Morgan fingerprint density at radius 1 is 0.692 bits per heavy atom. The summed E-state index contributed by atoms with van der Waals surface area (Å²) in [5.41, 5.74) is 3.87. The van der Waals surface area contributed by atoms with Gasteiger partial charge in [0.05, 0.1) is 11.4 Å². The zero-order chi connectivity index (χ0) is 19.1. The van der Waals surface area contributed by atoms with Crippen molar-refractivity contribution < 1.29 is 0 Å². The molecule has 2 aromatic heterocycles. The van der Waals surface area contributed by atoms with Crippen LogP contribution >= 0.6 is 27.5 Å². The van der Waals surface area contributed by atoms with Crippen LogP contribution in [0.25, 0.3) is 22.5 Å². The van der Waals surface area contributed by atoms with Crippen LogP contribution in [0.5, 0.6) is 0 Å². The van der Waals surface area contributed by atoms with Crippen molar-refractivity contribution in [3.05, 3.63) is 70.4 Å². The summed E-state index contributed by atoms with van der Waals surface area (Å²) in [5, 5.41) is 0.726. The van der Waals surface area contributed by atoms with Gasteiger partial charge in [0.1, 0.15) is 0 Å². The van der Waals surface area contributed by atoms with Crippen molar-refractivity contribution in [1.29, 1.82) is 0 Å². The Morgan fingerprint density at radius 2 is 1.19 bits per heavy atom. The van der Waals surface area contributed by atoms with Crippen LogP contribution in [0.3, 0.4) is 0 Å². The minimum Gasteiger partial charge on any atom is -0.256 e. The van der Waals surface area contributed by atoms with Gasteiger partial charge in [-0.15, -0.1) is 0 Å². The van der Waals surface area contributed by atoms with Crippen LogP contribution in [0.1, 0.15) is 0 Å². The molecule has 0 aliphatic rings. The Bertz CT molecular complexity index is 743. The van der Waals surface area contributed by atoms with Gasteiger partial charge < -0.3 is 0 Å². The lowest BCUT2D eigenvalue weighted by molar-refractivity contribution is 1.27. The number of hydrogen-bond donors (Lipinski definition) is 0. The molecule has 2 heterocycles. The highest BCUT2D eigenvalue weighted by molar-refractivity contribution is 9.10. The van der Waals surface area contributed by atoms with Gasteiger partial charge >= 0.3 is 0 Å². The summed E-state index contributed by atoms with van der Waals surface area (Å²) in [7, 11) is 19.9. The molecule has 3 rings (SSSR count). The standard InChI is InChI=1S/C16H10BrClN2.B6/c17-13-4-8-16(20-10-13)12-3-7-15(19-9-12)11-1-5-14(18)6-2-11;1-5(2)6(3)4/h1-10H;. The van der Waals surface area contributed by atoms with Crippen LogP contribution in [-0.2, 0) is 0 Å². The predicted octanol–water partition coefficient (Wildman–Crippen LogP) is 2.94. The highest BCUT2D eigenvalue weighted by atomic mass is 79.9. The summed E-state index contributed by atoms with van der Waals surface area (Å²) < 4.78 is 0.965. The van der Waals surface area contributed by atoms with Crippen molar-refractivity contribution >= 4 is 71.2 Å². The van der Waals surface area contributed by atoms with Crippen molar-refractivity contribution in [3.8, 4) is 22.5 Å². The van der Waals surface area contributed by atoms with Gasteiger partial charge in [0.2, 0.25) is 0 Å². The van der Waals surface area contributed by atoms with Crippen LogP contribution in [0.2, 0.25) is 5.02 Å². The molecule has 8 radical (unpaired) electrons. The molecule has 0 saturated carbocycles. The predicted molar refractivity (Wildman–Crippen MR) is 120 cm³/mol. The summed E-state index contributed by atoms with van der Waals surface area (Å²) in [6, 6.07) is 15.6. The summed E-state index contributed by atoms with van der Waals surface area (Å²) in [6.45, 7) is 0. The fraction of sp³-hybridized carbons (Fsp3) is 0. The normalized spacial score (nSPS) is 9.77. The van der Waals surface area contributed by atoms with E-state index in [2.05, 4.69) is 25.9 Å². The second-order valence-corrected chi connectivity index (χ2v) is 6.81. The third kappa shape index (κ3) is 6.44. The smallest absolute Gasteiger partial charge is 0.0718 e. The first-order valence-electron chi connectivity index (χ1n) is 7.73. The molecule has 0 bridgehead atoms. The van der Waals surface area contributed by atoms with Gasteiger partial charge in [0.25, 0.3) is 0 Å². The Kier molecular flexibility index (Phi) is 8.17. The lowest BCUT2D eigenvalue weighted by atomic mass is 8.81. The maximum absolute atomic E-state index is 5.88. The zero-order valence-corrected chi connectivity index (χ0v) is 16.2. The molecule has 1 aromatic carbocycles. The summed E-state index contributed by atoms with van der Waals surface area (Å²) >= 11 is 9.26. The SMILES string of the molecule is Clc1ccc(-c2ccc(-c3ccc(Br)cn3)cn2)cc1.[B]B([B])B([B])[B]. The van der Waals surface area contributed by atoms with Gasteiger partial charge in [0, 0.05) is 76.7 Å². The molecule has 0 atom stereocenters. The monoisotopic (exact) mass is 410 g/mol. The number of benzene rings is 1. The Morgan fingerprint density at radius 3 is 1.65 bits per heavy atom.